The van der Waals surface area contributed by atoms with Gasteiger partial charge in [0.1, 0.15) is 0 Å². The average Bonchev–Trinajstić information content (AvgIpc) is 2.63. The topological polar surface area (TPSA) is 61.3 Å². The first-order valence-electron chi connectivity index (χ1n) is 4.46. The lowest BCUT2D eigenvalue weighted by atomic mass is 10.0. The number of rotatable bonds is 2. The maximum absolute atomic E-state index is 5.82. The highest BCUT2D eigenvalue weighted by molar-refractivity contribution is 5.34. The van der Waals surface area contributed by atoms with Crippen molar-refractivity contribution in [2.45, 2.75) is 19.3 Å². The fraction of sp³-hybridized carbons (Fsp3) is 0.400. The molecule has 0 fully saturated rings. The van der Waals surface area contributed by atoms with Gasteiger partial charge in [-0.3, -0.25) is 0 Å². The van der Waals surface area contributed by atoms with Crippen molar-refractivity contribution in [2.75, 3.05) is 6.54 Å². The van der Waals surface area contributed by atoms with Crippen LogP contribution in [0.2, 0.25) is 0 Å². The minimum Gasteiger partial charge on any atom is -0.372 e. The van der Waals surface area contributed by atoms with Crippen LogP contribution >= 0.6 is 0 Å². The Bertz CT molecular complexity index is 312. The van der Waals surface area contributed by atoms with Crippen molar-refractivity contribution < 1.29 is 4.74 Å². The second-order valence-electron chi connectivity index (χ2n) is 3.36. The van der Waals surface area contributed by atoms with E-state index in [0.29, 0.717) is 13.2 Å². The van der Waals surface area contributed by atoms with Gasteiger partial charge < -0.3 is 16.2 Å². The molecule has 0 spiro atoms. The van der Waals surface area contributed by atoms with Gasteiger partial charge in [-0.1, -0.05) is 18.2 Å². The molecule has 1 aliphatic heterocycles. The normalized spacial score (nSPS) is 17.1. The molecule has 0 saturated heterocycles. The molecule has 3 nitrogen and oxygen atoms in total. The second-order valence-corrected chi connectivity index (χ2v) is 3.36. The van der Waals surface area contributed by atoms with Gasteiger partial charge in [0, 0.05) is 12.6 Å². The van der Waals surface area contributed by atoms with E-state index in [4.69, 9.17) is 16.2 Å². The third kappa shape index (κ3) is 1.58. The minimum absolute atomic E-state index is 0.0501. The Balaban J connectivity index is 2.30. The number of hydrogen-bond acceptors (Lipinski definition) is 3. The van der Waals surface area contributed by atoms with Crippen LogP contribution < -0.4 is 11.5 Å². The van der Waals surface area contributed by atoms with Gasteiger partial charge in [0.2, 0.25) is 0 Å². The molecule has 4 N–H and O–H groups in total. The molecular formula is C10H14N2O. The Hall–Kier alpha value is -0.900. The molecule has 3 heteroatoms. The summed E-state index contributed by atoms with van der Waals surface area (Å²) in [6.07, 6.45) is 0. The minimum atomic E-state index is -0.0501. The van der Waals surface area contributed by atoms with Crippen LogP contribution in [0.5, 0.6) is 0 Å². The van der Waals surface area contributed by atoms with E-state index in [2.05, 4.69) is 12.1 Å². The zero-order chi connectivity index (χ0) is 9.26. The maximum Gasteiger partial charge on any atom is 0.0725 e. The van der Waals surface area contributed by atoms with E-state index < -0.39 is 0 Å². The van der Waals surface area contributed by atoms with Gasteiger partial charge in [0.05, 0.1) is 13.2 Å². The number of hydrogen-bond donors (Lipinski definition) is 2. The van der Waals surface area contributed by atoms with Crippen LogP contribution in [0.25, 0.3) is 0 Å². The number of fused-ring (bicyclic) bond motifs is 1. The van der Waals surface area contributed by atoms with E-state index in [1.165, 1.54) is 11.1 Å². The molecule has 13 heavy (non-hydrogen) atoms. The van der Waals surface area contributed by atoms with Crippen LogP contribution in [-0.4, -0.2) is 6.54 Å². The molecule has 1 unspecified atom stereocenters. The summed E-state index contributed by atoms with van der Waals surface area (Å²) in [5.41, 5.74) is 14.9. The molecule has 0 aliphatic carbocycles. The van der Waals surface area contributed by atoms with Crippen molar-refractivity contribution in [1.29, 1.82) is 0 Å². The summed E-state index contributed by atoms with van der Waals surface area (Å²) in [7, 11) is 0. The Kier molecular flexibility index (Phi) is 2.31. The average molecular weight is 178 g/mol. The van der Waals surface area contributed by atoms with Gasteiger partial charge in [0.15, 0.2) is 0 Å². The monoisotopic (exact) mass is 178 g/mol. The van der Waals surface area contributed by atoms with Crippen LogP contribution in [0.4, 0.5) is 0 Å². The SMILES string of the molecule is NCC(N)c1ccc2c(c1)COC2. The first-order chi connectivity index (χ1) is 6.31. The summed E-state index contributed by atoms with van der Waals surface area (Å²) >= 11 is 0. The van der Waals surface area contributed by atoms with E-state index in [0.717, 1.165) is 12.2 Å². The quantitative estimate of drug-likeness (QED) is 0.700. The third-order valence-corrected chi connectivity index (χ3v) is 2.43. The number of ether oxygens (including phenoxy) is 1. The summed E-state index contributed by atoms with van der Waals surface area (Å²) < 4.78 is 5.31. The summed E-state index contributed by atoms with van der Waals surface area (Å²) in [6.45, 7) is 1.92. The van der Waals surface area contributed by atoms with Crippen molar-refractivity contribution in [3.05, 3.63) is 34.9 Å². The second kappa shape index (κ2) is 3.46. The maximum atomic E-state index is 5.82. The van der Waals surface area contributed by atoms with Gasteiger partial charge in [0.25, 0.3) is 0 Å². The Morgan fingerprint density at radius 2 is 2.08 bits per heavy atom. The Morgan fingerprint density at radius 3 is 2.85 bits per heavy atom. The smallest absolute Gasteiger partial charge is 0.0725 e. The summed E-state index contributed by atoms with van der Waals surface area (Å²) in [4.78, 5) is 0. The van der Waals surface area contributed by atoms with Crippen molar-refractivity contribution in [1.82, 2.24) is 0 Å². The molecule has 1 aliphatic rings. The van der Waals surface area contributed by atoms with Crippen molar-refractivity contribution >= 4 is 0 Å². The standard InChI is InChI=1S/C10H14N2O/c11-4-10(12)7-1-2-8-5-13-6-9(8)3-7/h1-3,10H,4-6,11-12H2. The molecule has 2 rings (SSSR count). The third-order valence-electron chi connectivity index (χ3n) is 2.43. The van der Waals surface area contributed by atoms with E-state index in [1.54, 1.807) is 0 Å². The van der Waals surface area contributed by atoms with Crippen molar-refractivity contribution in [3.8, 4) is 0 Å². The van der Waals surface area contributed by atoms with E-state index >= 15 is 0 Å². The van der Waals surface area contributed by atoms with Gasteiger partial charge in [-0.05, 0) is 16.7 Å². The highest BCUT2D eigenvalue weighted by Gasteiger charge is 2.12. The molecular weight excluding hydrogens is 164 g/mol. The highest BCUT2D eigenvalue weighted by atomic mass is 16.5. The Labute approximate surface area is 77.7 Å². The van der Waals surface area contributed by atoms with Crippen molar-refractivity contribution in [2.24, 2.45) is 11.5 Å². The lowest BCUT2D eigenvalue weighted by Crippen LogP contribution is -2.20. The predicted molar refractivity (Wildman–Crippen MR) is 50.9 cm³/mol. The first-order valence-corrected chi connectivity index (χ1v) is 4.46. The largest absolute Gasteiger partial charge is 0.372 e. The van der Waals surface area contributed by atoms with Crippen LogP contribution in [0.1, 0.15) is 22.7 Å². The molecule has 0 amide bonds. The van der Waals surface area contributed by atoms with Gasteiger partial charge in [-0.15, -0.1) is 0 Å². The van der Waals surface area contributed by atoms with Crippen LogP contribution in [0, 0.1) is 0 Å². The molecule has 0 aromatic heterocycles. The number of benzene rings is 1. The van der Waals surface area contributed by atoms with Gasteiger partial charge in [-0.25, -0.2) is 0 Å². The molecule has 0 saturated carbocycles. The predicted octanol–water partition coefficient (Wildman–Crippen LogP) is 0.675. The highest BCUT2D eigenvalue weighted by Crippen LogP contribution is 2.22. The summed E-state index contributed by atoms with van der Waals surface area (Å²) in [6, 6.07) is 6.16. The lowest BCUT2D eigenvalue weighted by molar-refractivity contribution is 0.134. The fourth-order valence-electron chi connectivity index (χ4n) is 1.56. The zero-order valence-electron chi connectivity index (χ0n) is 7.49. The number of nitrogens with two attached hydrogens (primary N) is 2. The molecule has 0 radical (unpaired) electrons. The fourth-order valence-corrected chi connectivity index (χ4v) is 1.56. The zero-order valence-corrected chi connectivity index (χ0v) is 7.49. The molecule has 1 aromatic carbocycles. The van der Waals surface area contributed by atoms with Crippen LogP contribution in [0.3, 0.4) is 0 Å². The summed E-state index contributed by atoms with van der Waals surface area (Å²) in [5.74, 6) is 0. The molecule has 1 heterocycles. The van der Waals surface area contributed by atoms with E-state index in [-0.39, 0.29) is 6.04 Å². The van der Waals surface area contributed by atoms with E-state index in [1.807, 2.05) is 6.07 Å². The molecule has 1 atom stereocenters. The molecule has 0 bridgehead atoms. The van der Waals surface area contributed by atoms with E-state index in [9.17, 15) is 0 Å². The van der Waals surface area contributed by atoms with Gasteiger partial charge in [-0.2, -0.15) is 0 Å². The molecule has 70 valence electrons. The Morgan fingerprint density at radius 1 is 1.31 bits per heavy atom. The van der Waals surface area contributed by atoms with Gasteiger partial charge >= 0.3 is 0 Å². The lowest BCUT2D eigenvalue weighted by Gasteiger charge is -2.09. The first kappa shape index (κ1) is 8.69. The van der Waals surface area contributed by atoms with Crippen molar-refractivity contribution in [3.63, 3.8) is 0 Å². The van der Waals surface area contributed by atoms with Crippen LogP contribution in [-0.2, 0) is 18.0 Å². The molecule has 1 aromatic rings. The van der Waals surface area contributed by atoms with Crippen LogP contribution in [0.15, 0.2) is 18.2 Å². The summed E-state index contributed by atoms with van der Waals surface area (Å²) in [5, 5.41) is 0.